The molecule has 12 heteroatoms. The van der Waals surface area contributed by atoms with E-state index in [1.165, 1.54) is 41.3 Å². The fraction of sp³-hybridized carbons (Fsp3) is 0.242. The van der Waals surface area contributed by atoms with Crippen LogP contribution in [0.1, 0.15) is 31.7 Å². The molecule has 1 aliphatic carbocycles. The van der Waals surface area contributed by atoms with Gasteiger partial charge in [-0.3, -0.25) is 29.1 Å². The molecular weight excluding hydrogens is 580 g/mol. The minimum Gasteiger partial charge on any atom is -0.453 e. The van der Waals surface area contributed by atoms with Gasteiger partial charge in [0, 0.05) is 35.9 Å². The summed E-state index contributed by atoms with van der Waals surface area (Å²) in [5.74, 6) is -2.36. The van der Waals surface area contributed by atoms with E-state index in [1.54, 1.807) is 24.7 Å². The Morgan fingerprint density at radius 2 is 1.71 bits per heavy atom. The Kier molecular flexibility index (Phi) is 7.20. The molecule has 2 aromatic carbocycles. The number of carbonyl (C=O) groups is 2. The van der Waals surface area contributed by atoms with Gasteiger partial charge in [-0.25, -0.2) is 8.78 Å². The van der Waals surface area contributed by atoms with Crippen LogP contribution in [-0.2, 0) is 9.59 Å². The Labute approximate surface area is 256 Å². The molecule has 0 atom stereocenters. The van der Waals surface area contributed by atoms with Crippen molar-refractivity contribution in [2.75, 3.05) is 18.0 Å². The van der Waals surface area contributed by atoms with E-state index in [9.17, 15) is 14.0 Å². The number of primary amides is 1. The molecule has 1 aliphatic heterocycles. The second-order valence-corrected chi connectivity index (χ2v) is 11.4. The van der Waals surface area contributed by atoms with Crippen molar-refractivity contribution in [1.29, 1.82) is 0 Å². The standard InChI is InChI=1S/C33H29F2N7O3/c34-21-1-3-23(4-2-21)42(32(44)33(10-11-33)31(36)43)24-5-6-30(26(35)15-24)45-29-9-14-38-28-16-27(39-18-25(28)29)20-17-40-41(19-20)22-7-12-37-13-8-22/h1-6,9,14-19,22,37H,7-8,10-13H2,(H2,36,43). The van der Waals surface area contributed by atoms with Gasteiger partial charge in [-0.05, 0) is 87.3 Å². The molecule has 228 valence electrons. The van der Waals surface area contributed by atoms with E-state index in [0.717, 1.165) is 37.6 Å². The van der Waals surface area contributed by atoms with Crippen LogP contribution in [0.3, 0.4) is 0 Å². The summed E-state index contributed by atoms with van der Waals surface area (Å²) in [6.07, 6.45) is 9.59. The number of nitrogens with zero attached hydrogens (tertiary/aromatic N) is 5. The molecule has 0 unspecified atom stereocenters. The molecule has 2 fully saturated rings. The van der Waals surface area contributed by atoms with Crippen molar-refractivity contribution in [3.05, 3.63) is 91.0 Å². The molecule has 1 saturated heterocycles. The maximum absolute atomic E-state index is 15.6. The van der Waals surface area contributed by atoms with E-state index in [2.05, 4.69) is 20.4 Å². The Balaban J connectivity index is 1.16. The third-order valence-corrected chi connectivity index (χ3v) is 8.48. The number of hydrogen-bond donors (Lipinski definition) is 2. The lowest BCUT2D eigenvalue weighted by molar-refractivity contribution is -0.133. The number of amides is 2. The van der Waals surface area contributed by atoms with E-state index in [0.29, 0.717) is 28.4 Å². The molecule has 3 N–H and O–H groups in total. The summed E-state index contributed by atoms with van der Waals surface area (Å²) >= 11 is 0. The number of carbonyl (C=O) groups excluding carboxylic acids is 2. The second kappa shape index (κ2) is 11.4. The topological polar surface area (TPSA) is 128 Å². The van der Waals surface area contributed by atoms with Crippen LogP contribution in [-0.4, -0.2) is 44.7 Å². The first kappa shape index (κ1) is 28.5. The lowest BCUT2D eigenvalue weighted by Gasteiger charge is -2.26. The number of rotatable bonds is 8. The van der Waals surface area contributed by atoms with Gasteiger partial charge < -0.3 is 15.8 Å². The number of nitrogens with one attached hydrogen (secondary N) is 1. The molecule has 45 heavy (non-hydrogen) atoms. The molecule has 10 nitrogen and oxygen atoms in total. The van der Waals surface area contributed by atoms with Crippen LogP contribution < -0.4 is 20.7 Å². The van der Waals surface area contributed by atoms with Crippen LogP contribution in [0, 0.1) is 17.0 Å². The Morgan fingerprint density at radius 3 is 2.42 bits per heavy atom. The molecule has 0 radical (unpaired) electrons. The van der Waals surface area contributed by atoms with Gasteiger partial charge in [-0.1, -0.05) is 0 Å². The van der Waals surface area contributed by atoms with Gasteiger partial charge in [0.1, 0.15) is 17.0 Å². The smallest absolute Gasteiger partial charge is 0.247 e. The van der Waals surface area contributed by atoms with Gasteiger partial charge in [0.05, 0.1) is 34.5 Å². The molecule has 5 aromatic rings. The molecular formula is C33H29F2N7O3. The highest BCUT2D eigenvalue weighted by Crippen LogP contribution is 2.49. The summed E-state index contributed by atoms with van der Waals surface area (Å²) < 4.78 is 37.2. The first-order chi connectivity index (χ1) is 21.8. The van der Waals surface area contributed by atoms with Gasteiger partial charge in [0.2, 0.25) is 11.8 Å². The van der Waals surface area contributed by atoms with Crippen molar-refractivity contribution in [3.63, 3.8) is 0 Å². The number of ether oxygens (including phenoxy) is 1. The van der Waals surface area contributed by atoms with E-state index in [-0.39, 0.29) is 30.0 Å². The predicted octanol–water partition coefficient (Wildman–Crippen LogP) is 5.42. The molecule has 0 bridgehead atoms. The average Bonchev–Trinajstić information content (AvgIpc) is 3.73. The monoisotopic (exact) mass is 609 g/mol. The largest absolute Gasteiger partial charge is 0.453 e. The maximum Gasteiger partial charge on any atom is 0.247 e. The van der Waals surface area contributed by atoms with Crippen molar-refractivity contribution in [2.45, 2.75) is 31.7 Å². The first-order valence-electron chi connectivity index (χ1n) is 14.7. The highest BCUT2D eigenvalue weighted by Gasteiger charge is 2.57. The van der Waals surface area contributed by atoms with Crippen molar-refractivity contribution >= 4 is 34.1 Å². The number of aromatic nitrogens is 4. The van der Waals surface area contributed by atoms with Gasteiger partial charge in [-0.15, -0.1) is 0 Å². The number of benzene rings is 2. The fourth-order valence-corrected chi connectivity index (χ4v) is 5.71. The molecule has 0 spiro atoms. The third kappa shape index (κ3) is 5.37. The molecule has 2 amide bonds. The Morgan fingerprint density at radius 1 is 0.956 bits per heavy atom. The van der Waals surface area contributed by atoms with E-state index in [1.807, 2.05) is 16.9 Å². The quantitative estimate of drug-likeness (QED) is 0.225. The number of halogens is 2. The normalized spacial score (nSPS) is 16.0. The first-order valence-corrected chi connectivity index (χ1v) is 14.7. The molecule has 4 heterocycles. The highest BCUT2D eigenvalue weighted by molar-refractivity contribution is 6.16. The summed E-state index contributed by atoms with van der Waals surface area (Å²) in [6.45, 7) is 1.93. The van der Waals surface area contributed by atoms with Gasteiger partial charge in [0.15, 0.2) is 11.6 Å². The van der Waals surface area contributed by atoms with Gasteiger partial charge in [-0.2, -0.15) is 5.10 Å². The molecule has 1 saturated carbocycles. The van der Waals surface area contributed by atoms with E-state index in [4.69, 9.17) is 10.5 Å². The van der Waals surface area contributed by atoms with Crippen LogP contribution in [0.15, 0.2) is 79.4 Å². The maximum atomic E-state index is 15.6. The van der Waals surface area contributed by atoms with Crippen LogP contribution >= 0.6 is 0 Å². The number of anilines is 2. The minimum absolute atomic E-state index is 0.0962. The lowest BCUT2D eigenvalue weighted by Crippen LogP contribution is -2.41. The summed E-state index contributed by atoms with van der Waals surface area (Å²) in [7, 11) is 0. The fourth-order valence-electron chi connectivity index (χ4n) is 5.71. The van der Waals surface area contributed by atoms with Crippen LogP contribution in [0.25, 0.3) is 22.2 Å². The predicted molar refractivity (Wildman–Crippen MR) is 163 cm³/mol. The van der Waals surface area contributed by atoms with Crippen LogP contribution in [0.2, 0.25) is 0 Å². The highest BCUT2D eigenvalue weighted by atomic mass is 19.1. The van der Waals surface area contributed by atoms with Gasteiger partial charge in [0.25, 0.3) is 0 Å². The molecule has 7 rings (SSSR count). The van der Waals surface area contributed by atoms with Gasteiger partial charge >= 0.3 is 0 Å². The molecule has 2 aliphatic rings. The average molecular weight is 610 g/mol. The summed E-state index contributed by atoms with van der Waals surface area (Å²) in [5.41, 5.74) is 6.77. The zero-order valence-corrected chi connectivity index (χ0v) is 24.1. The van der Waals surface area contributed by atoms with Crippen LogP contribution in [0.5, 0.6) is 11.5 Å². The van der Waals surface area contributed by atoms with Crippen molar-refractivity contribution in [2.24, 2.45) is 11.1 Å². The summed E-state index contributed by atoms with van der Waals surface area (Å²) in [6, 6.07) is 13.0. The van der Waals surface area contributed by atoms with E-state index < -0.39 is 28.9 Å². The number of fused-ring (bicyclic) bond motifs is 1. The number of nitrogens with two attached hydrogens (primary N) is 1. The summed E-state index contributed by atoms with van der Waals surface area (Å²) in [5, 5.41) is 8.50. The number of pyridine rings is 2. The van der Waals surface area contributed by atoms with Crippen molar-refractivity contribution < 1.29 is 23.1 Å². The van der Waals surface area contributed by atoms with Crippen molar-refractivity contribution in [3.8, 4) is 22.8 Å². The molecule has 3 aromatic heterocycles. The zero-order chi connectivity index (χ0) is 31.1. The van der Waals surface area contributed by atoms with Crippen LogP contribution in [0.4, 0.5) is 20.2 Å². The number of piperidine rings is 1. The zero-order valence-electron chi connectivity index (χ0n) is 24.1. The number of hydrogen-bond acceptors (Lipinski definition) is 7. The minimum atomic E-state index is -1.38. The van der Waals surface area contributed by atoms with Crippen molar-refractivity contribution in [1.82, 2.24) is 25.1 Å². The second-order valence-electron chi connectivity index (χ2n) is 11.4. The lowest BCUT2D eigenvalue weighted by atomic mass is 10.0. The Hall–Kier alpha value is -5.23. The summed E-state index contributed by atoms with van der Waals surface area (Å²) in [4.78, 5) is 36.0. The Bertz CT molecular complexity index is 1920. The SMILES string of the molecule is NC(=O)C1(C(=O)N(c2ccc(F)cc2)c2ccc(Oc3ccnc4cc(-c5cnn(C6CCNCC6)c5)ncc34)c(F)c2)CC1. The van der Waals surface area contributed by atoms with E-state index >= 15 is 4.39 Å². The third-order valence-electron chi connectivity index (χ3n) is 8.48.